The van der Waals surface area contributed by atoms with E-state index in [0.29, 0.717) is 6.54 Å². The van der Waals surface area contributed by atoms with Crippen LogP contribution in [0.3, 0.4) is 0 Å². The summed E-state index contributed by atoms with van der Waals surface area (Å²) < 4.78 is 20.1. The largest absolute Gasteiger partial charge is 0.494 e. The van der Waals surface area contributed by atoms with Crippen molar-refractivity contribution >= 4 is 0 Å². The molecule has 1 unspecified atom stereocenters. The van der Waals surface area contributed by atoms with E-state index < -0.39 is 0 Å². The average Bonchev–Trinajstić information content (AvgIpc) is 2.83. The molecule has 0 saturated carbocycles. The first-order valence-electron chi connectivity index (χ1n) is 6.01. The second-order valence-electron chi connectivity index (χ2n) is 4.37. The summed E-state index contributed by atoms with van der Waals surface area (Å²) in [5.41, 5.74) is 0.951. The lowest BCUT2D eigenvalue weighted by Gasteiger charge is -2.13. The molecule has 0 spiro atoms. The number of aromatic nitrogens is 3. The second kappa shape index (κ2) is 5.79. The molecular weight excluding hydrogens is 247 g/mol. The minimum Gasteiger partial charge on any atom is -0.494 e. The van der Waals surface area contributed by atoms with Crippen LogP contribution < -0.4 is 10.1 Å². The van der Waals surface area contributed by atoms with Crippen molar-refractivity contribution in [2.75, 3.05) is 7.11 Å². The Morgan fingerprint density at radius 1 is 1.47 bits per heavy atom. The van der Waals surface area contributed by atoms with Gasteiger partial charge in [0.25, 0.3) is 0 Å². The third kappa shape index (κ3) is 3.08. The van der Waals surface area contributed by atoms with E-state index in [-0.39, 0.29) is 17.6 Å². The number of nitrogens with zero attached hydrogens (tertiary/aromatic N) is 3. The number of halogens is 1. The van der Waals surface area contributed by atoms with Crippen LogP contribution in [0.25, 0.3) is 0 Å². The molecule has 1 N–H and O–H groups in total. The van der Waals surface area contributed by atoms with Crippen LogP contribution in [0, 0.1) is 5.82 Å². The molecule has 1 heterocycles. The highest BCUT2D eigenvalue weighted by Crippen LogP contribution is 2.18. The van der Waals surface area contributed by atoms with Crippen molar-refractivity contribution in [2.45, 2.75) is 19.5 Å². The number of nitrogens with one attached hydrogen (secondary N) is 1. The fourth-order valence-electron chi connectivity index (χ4n) is 1.86. The third-order valence-electron chi connectivity index (χ3n) is 2.96. The topological polar surface area (TPSA) is 52.0 Å². The Morgan fingerprint density at radius 2 is 2.26 bits per heavy atom. The lowest BCUT2D eigenvalue weighted by atomic mass is 10.2. The standard InChI is InChI=1S/C13H17FN4O/c1-9(13-17-16-8-18(13)2)15-7-10-4-5-11(14)12(6-10)19-3/h4-6,8-9,15H,7H2,1-3H3. The smallest absolute Gasteiger partial charge is 0.165 e. The highest BCUT2D eigenvalue weighted by atomic mass is 19.1. The van der Waals surface area contributed by atoms with Gasteiger partial charge in [-0.15, -0.1) is 10.2 Å². The number of ether oxygens (including phenoxy) is 1. The van der Waals surface area contributed by atoms with Crippen LogP contribution in [0.1, 0.15) is 24.4 Å². The Hall–Kier alpha value is -1.95. The Bertz CT molecular complexity index is 555. The summed E-state index contributed by atoms with van der Waals surface area (Å²) >= 11 is 0. The quantitative estimate of drug-likeness (QED) is 0.895. The molecular formula is C13H17FN4O. The molecule has 6 heteroatoms. The zero-order chi connectivity index (χ0) is 13.8. The molecule has 1 aromatic heterocycles. The van der Waals surface area contributed by atoms with Gasteiger partial charge in [-0.3, -0.25) is 0 Å². The summed E-state index contributed by atoms with van der Waals surface area (Å²) in [6, 6.07) is 4.88. The van der Waals surface area contributed by atoms with Crippen LogP contribution >= 0.6 is 0 Å². The number of aryl methyl sites for hydroxylation is 1. The van der Waals surface area contributed by atoms with E-state index in [1.54, 1.807) is 18.5 Å². The number of hydrogen-bond acceptors (Lipinski definition) is 4. The molecule has 1 atom stereocenters. The molecule has 5 nitrogen and oxygen atoms in total. The Balaban J connectivity index is 2.01. The van der Waals surface area contributed by atoms with Crippen LogP contribution in [0.5, 0.6) is 5.75 Å². The summed E-state index contributed by atoms with van der Waals surface area (Å²) in [5, 5.41) is 11.2. The van der Waals surface area contributed by atoms with Crippen molar-refractivity contribution in [2.24, 2.45) is 7.05 Å². The van der Waals surface area contributed by atoms with Crippen molar-refractivity contribution in [3.63, 3.8) is 0 Å². The first-order valence-corrected chi connectivity index (χ1v) is 6.01. The Morgan fingerprint density at radius 3 is 2.89 bits per heavy atom. The van der Waals surface area contributed by atoms with Crippen LogP contribution in [0.2, 0.25) is 0 Å². The minimum atomic E-state index is -0.354. The Labute approximate surface area is 111 Å². The zero-order valence-corrected chi connectivity index (χ0v) is 11.2. The SMILES string of the molecule is COc1cc(CNC(C)c2nncn2C)ccc1F. The number of hydrogen-bond donors (Lipinski definition) is 1. The minimum absolute atomic E-state index is 0.0588. The predicted octanol–water partition coefficient (Wildman–Crippen LogP) is 1.81. The number of methoxy groups -OCH3 is 1. The van der Waals surface area contributed by atoms with Gasteiger partial charge in [0.15, 0.2) is 11.6 Å². The second-order valence-corrected chi connectivity index (χ2v) is 4.37. The number of rotatable bonds is 5. The molecule has 0 aliphatic heterocycles. The van der Waals surface area contributed by atoms with E-state index >= 15 is 0 Å². The molecule has 1 aromatic carbocycles. The predicted molar refractivity (Wildman–Crippen MR) is 69.2 cm³/mol. The van der Waals surface area contributed by atoms with Crippen LogP contribution in [-0.4, -0.2) is 21.9 Å². The first-order chi connectivity index (χ1) is 9.11. The summed E-state index contributed by atoms with van der Waals surface area (Å²) in [5.74, 6) is 0.757. The van der Waals surface area contributed by atoms with E-state index in [0.717, 1.165) is 11.4 Å². The average molecular weight is 264 g/mol. The van der Waals surface area contributed by atoms with Crippen LogP contribution in [0.15, 0.2) is 24.5 Å². The van der Waals surface area contributed by atoms with Crippen LogP contribution in [0.4, 0.5) is 4.39 Å². The molecule has 0 aliphatic carbocycles. The monoisotopic (exact) mass is 264 g/mol. The van der Waals surface area contributed by atoms with Crippen LogP contribution in [-0.2, 0) is 13.6 Å². The molecule has 0 fully saturated rings. The summed E-state index contributed by atoms with van der Waals surface area (Å²) in [6.07, 6.45) is 1.66. The molecule has 19 heavy (non-hydrogen) atoms. The third-order valence-corrected chi connectivity index (χ3v) is 2.96. The molecule has 0 saturated heterocycles. The van der Waals surface area contributed by atoms with Gasteiger partial charge in [0.2, 0.25) is 0 Å². The van der Waals surface area contributed by atoms with Gasteiger partial charge in [0.05, 0.1) is 13.2 Å². The highest BCUT2D eigenvalue weighted by molar-refractivity contribution is 5.30. The van der Waals surface area contributed by atoms with Crippen molar-refractivity contribution in [3.05, 3.63) is 41.7 Å². The maximum atomic E-state index is 13.3. The van der Waals surface area contributed by atoms with Gasteiger partial charge in [-0.1, -0.05) is 6.07 Å². The molecule has 0 bridgehead atoms. The summed E-state index contributed by atoms with van der Waals surface area (Å²) in [4.78, 5) is 0. The molecule has 2 rings (SSSR count). The van der Waals surface area contributed by atoms with Gasteiger partial charge in [-0.05, 0) is 24.6 Å². The van der Waals surface area contributed by atoms with Gasteiger partial charge in [0, 0.05) is 13.6 Å². The molecule has 0 amide bonds. The van der Waals surface area contributed by atoms with Crippen molar-refractivity contribution in [1.82, 2.24) is 20.1 Å². The van der Waals surface area contributed by atoms with E-state index in [4.69, 9.17) is 4.74 Å². The fourth-order valence-corrected chi connectivity index (χ4v) is 1.86. The van der Waals surface area contributed by atoms with E-state index in [1.807, 2.05) is 18.5 Å². The number of benzene rings is 1. The van der Waals surface area contributed by atoms with E-state index in [1.165, 1.54) is 13.2 Å². The van der Waals surface area contributed by atoms with Gasteiger partial charge in [-0.25, -0.2) is 4.39 Å². The highest BCUT2D eigenvalue weighted by Gasteiger charge is 2.11. The molecule has 102 valence electrons. The van der Waals surface area contributed by atoms with Gasteiger partial charge >= 0.3 is 0 Å². The van der Waals surface area contributed by atoms with Crippen molar-refractivity contribution in [3.8, 4) is 5.75 Å². The molecule has 0 aliphatic rings. The Kier molecular flexibility index (Phi) is 4.11. The fraction of sp³-hybridized carbons (Fsp3) is 0.385. The molecule has 2 aromatic rings. The summed E-state index contributed by atoms with van der Waals surface area (Å²) in [6.45, 7) is 2.61. The lowest BCUT2D eigenvalue weighted by molar-refractivity contribution is 0.385. The van der Waals surface area contributed by atoms with Gasteiger partial charge < -0.3 is 14.6 Å². The van der Waals surface area contributed by atoms with E-state index in [2.05, 4.69) is 15.5 Å². The molecule has 0 radical (unpaired) electrons. The summed E-state index contributed by atoms with van der Waals surface area (Å²) in [7, 11) is 3.35. The maximum Gasteiger partial charge on any atom is 0.165 e. The zero-order valence-electron chi connectivity index (χ0n) is 11.2. The van der Waals surface area contributed by atoms with Gasteiger partial charge in [-0.2, -0.15) is 0 Å². The normalized spacial score (nSPS) is 12.4. The first kappa shape index (κ1) is 13.5. The van der Waals surface area contributed by atoms with Gasteiger partial charge in [0.1, 0.15) is 12.2 Å². The van der Waals surface area contributed by atoms with Crippen molar-refractivity contribution < 1.29 is 9.13 Å². The lowest BCUT2D eigenvalue weighted by Crippen LogP contribution is -2.21. The van der Waals surface area contributed by atoms with Crippen molar-refractivity contribution in [1.29, 1.82) is 0 Å². The maximum absolute atomic E-state index is 13.3. The van der Waals surface area contributed by atoms with E-state index in [9.17, 15) is 4.39 Å².